The lowest BCUT2D eigenvalue weighted by atomic mass is 9.76. The first-order valence-electron chi connectivity index (χ1n) is 11.3. The second kappa shape index (κ2) is 9.80. The number of nitrogens with one attached hydrogen (secondary N) is 2. The van der Waals surface area contributed by atoms with E-state index >= 15 is 0 Å². The summed E-state index contributed by atoms with van der Waals surface area (Å²) in [6, 6.07) is 5.92. The highest BCUT2D eigenvalue weighted by Crippen LogP contribution is 2.39. The van der Waals surface area contributed by atoms with Gasteiger partial charge in [-0.3, -0.25) is 14.9 Å². The maximum Gasteiger partial charge on any atom is 0.433 e. The fourth-order valence-electron chi connectivity index (χ4n) is 3.33. The summed E-state index contributed by atoms with van der Waals surface area (Å²) in [5, 5.41) is 2.28. The molecule has 0 fully saturated rings. The number of rotatable bonds is 9. The quantitative estimate of drug-likeness (QED) is 0.405. The highest BCUT2D eigenvalue weighted by atomic mass is 19.4. The van der Waals surface area contributed by atoms with Crippen LogP contribution in [-0.2, 0) is 21.8 Å². The molecule has 0 aliphatic rings. The zero-order chi connectivity index (χ0) is 26.1. The van der Waals surface area contributed by atoms with Crippen LogP contribution in [0.1, 0.15) is 95.5 Å². The zero-order valence-electron chi connectivity index (χ0n) is 21.0. The van der Waals surface area contributed by atoms with Gasteiger partial charge in [0.15, 0.2) is 17.6 Å². The Morgan fingerprint density at radius 2 is 1.68 bits per heavy atom. The van der Waals surface area contributed by atoms with E-state index < -0.39 is 41.3 Å². The molecule has 188 valence electrons. The van der Waals surface area contributed by atoms with E-state index in [2.05, 4.69) is 57.9 Å². The highest BCUT2D eigenvalue weighted by Gasteiger charge is 2.38. The number of ketones is 1. The molecule has 1 aromatic heterocycles. The smallest absolute Gasteiger partial charge is 0.433 e. The van der Waals surface area contributed by atoms with Gasteiger partial charge in [-0.1, -0.05) is 53.7 Å². The number of halogens is 3. The van der Waals surface area contributed by atoms with Crippen molar-refractivity contribution in [1.29, 1.82) is 0 Å². The number of carbonyl (C=O) groups is 2. The fourth-order valence-corrected chi connectivity index (χ4v) is 3.33. The number of alkyl halides is 3. The van der Waals surface area contributed by atoms with Crippen molar-refractivity contribution in [3.05, 3.63) is 40.7 Å². The lowest BCUT2D eigenvalue weighted by Gasteiger charge is -2.31. The van der Waals surface area contributed by atoms with E-state index in [1.54, 1.807) is 0 Å². The van der Waals surface area contributed by atoms with Gasteiger partial charge in [0.05, 0.1) is 0 Å². The van der Waals surface area contributed by atoms with E-state index in [0.29, 0.717) is 5.75 Å². The molecule has 0 saturated carbocycles. The number of benzene rings is 1. The Morgan fingerprint density at radius 1 is 1.09 bits per heavy atom. The normalized spacial score (nSPS) is 13.5. The SMILES string of the molecule is CCC(C)(C)c1ccc(OC(C)C(=O)Nc2nc(C(C)=O)c(C(F)(F)F)[nH]2)c(C(C)(C)CC)c1. The first-order valence-corrected chi connectivity index (χ1v) is 11.3. The van der Waals surface area contributed by atoms with Gasteiger partial charge in [-0.15, -0.1) is 0 Å². The molecule has 9 heteroatoms. The molecule has 0 spiro atoms. The van der Waals surface area contributed by atoms with E-state index in [4.69, 9.17) is 4.74 Å². The average Bonchev–Trinajstić information content (AvgIpc) is 3.18. The Hall–Kier alpha value is -2.84. The minimum absolute atomic E-state index is 0.0377. The first kappa shape index (κ1) is 27.4. The Labute approximate surface area is 198 Å². The number of nitrogens with zero attached hydrogens (tertiary/aromatic N) is 1. The molecule has 6 nitrogen and oxygen atoms in total. The minimum atomic E-state index is -4.81. The van der Waals surface area contributed by atoms with E-state index in [1.807, 2.05) is 17.1 Å². The van der Waals surface area contributed by atoms with Crippen LogP contribution in [0.2, 0.25) is 0 Å². The van der Waals surface area contributed by atoms with Crippen molar-refractivity contribution in [1.82, 2.24) is 9.97 Å². The van der Waals surface area contributed by atoms with Crippen molar-refractivity contribution >= 4 is 17.6 Å². The van der Waals surface area contributed by atoms with Crippen molar-refractivity contribution in [3.63, 3.8) is 0 Å². The minimum Gasteiger partial charge on any atom is -0.481 e. The number of carbonyl (C=O) groups excluding carboxylic acids is 2. The Morgan fingerprint density at radius 3 is 2.15 bits per heavy atom. The van der Waals surface area contributed by atoms with Crippen molar-refractivity contribution < 1.29 is 27.5 Å². The van der Waals surface area contributed by atoms with E-state index in [1.165, 1.54) is 6.92 Å². The highest BCUT2D eigenvalue weighted by molar-refractivity contribution is 5.96. The summed E-state index contributed by atoms with van der Waals surface area (Å²) in [6.45, 7) is 15.2. The summed E-state index contributed by atoms with van der Waals surface area (Å²) >= 11 is 0. The molecular formula is C25H34F3N3O3. The number of aromatic amines is 1. The van der Waals surface area contributed by atoms with Crippen LogP contribution in [0.4, 0.5) is 19.1 Å². The molecule has 1 atom stereocenters. The molecule has 0 radical (unpaired) electrons. The lowest BCUT2D eigenvalue weighted by Crippen LogP contribution is -2.32. The molecule has 34 heavy (non-hydrogen) atoms. The predicted octanol–water partition coefficient (Wildman–Crippen LogP) is 6.41. The molecule has 1 heterocycles. The molecule has 0 bridgehead atoms. The number of amides is 1. The molecule has 2 aromatic rings. The number of hydrogen-bond donors (Lipinski definition) is 2. The van der Waals surface area contributed by atoms with Gasteiger partial charge in [0.2, 0.25) is 5.95 Å². The number of ether oxygens (including phenoxy) is 1. The fraction of sp³-hybridized carbons (Fsp3) is 0.560. The van der Waals surface area contributed by atoms with Gasteiger partial charge in [-0.05, 0) is 42.2 Å². The van der Waals surface area contributed by atoms with E-state index in [9.17, 15) is 22.8 Å². The van der Waals surface area contributed by atoms with Gasteiger partial charge in [0.25, 0.3) is 5.91 Å². The summed E-state index contributed by atoms with van der Waals surface area (Å²) in [7, 11) is 0. The third-order valence-electron chi connectivity index (χ3n) is 6.49. The molecule has 1 aromatic carbocycles. The number of aromatic nitrogens is 2. The molecule has 0 saturated heterocycles. The van der Waals surface area contributed by atoms with Crippen molar-refractivity contribution in [2.24, 2.45) is 0 Å². The van der Waals surface area contributed by atoms with E-state index in [-0.39, 0.29) is 10.8 Å². The maximum atomic E-state index is 13.2. The molecular weight excluding hydrogens is 447 g/mol. The topological polar surface area (TPSA) is 84.1 Å². The largest absolute Gasteiger partial charge is 0.481 e. The van der Waals surface area contributed by atoms with Crippen LogP contribution in [0.5, 0.6) is 5.75 Å². The van der Waals surface area contributed by atoms with Gasteiger partial charge in [0, 0.05) is 12.5 Å². The maximum absolute atomic E-state index is 13.2. The summed E-state index contributed by atoms with van der Waals surface area (Å²) in [5.41, 5.74) is -0.246. The number of anilines is 1. The van der Waals surface area contributed by atoms with Gasteiger partial charge >= 0.3 is 6.18 Å². The van der Waals surface area contributed by atoms with Crippen molar-refractivity contribution in [2.45, 2.75) is 91.3 Å². The van der Waals surface area contributed by atoms with Crippen LogP contribution in [-0.4, -0.2) is 27.8 Å². The summed E-state index contributed by atoms with van der Waals surface area (Å²) in [6.07, 6.45) is -4.06. The molecule has 0 aliphatic heterocycles. The van der Waals surface area contributed by atoms with Gasteiger partial charge < -0.3 is 9.72 Å². The van der Waals surface area contributed by atoms with E-state index in [0.717, 1.165) is 30.9 Å². The second-order valence-electron chi connectivity index (χ2n) is 9.80. The third-order valence-corrected chi connectivity index (χ3v) is 6.49. The van der Waals surface area contributed by atoms with Crippen molar-refractivity contribution in [2.75, 3.05) is 5.32 Å². The number of Topliss-reactive ketones (excluding diaryl/α,β-unsaturated/α-hetero) is 1. The average molecular weight is 482 g/mol. The van der Waals surface area contributed by atoms with Crippen LogP contribution < -0.4 is 10.1 Å². The molecule has 2 rings (SSSR count). The van der Waals surface area contributed by atoms with Gasteiger partial charge in [-0.25, -0.2) is 4.98 Å². The monoisotopic (exact) mass is 481 g/mol. The second-order valence-corrected chi connectivity index (χ2v) is 9.80. The van der Waals surface area contributed by atoms with Crippen molar-refractivity contribution in [3.8, 4) is 5.75 Å². The molecule has 1 amide bonds. The Kier molecular flexibility index (Phi) is 7.90. The van der Waals surface area contributed by atoms with Crippen LogP contribution in [0.3, 0.4) is 0 Å². The third kappa shape index (κ3) is 5.98. The summed E-state index contributed by atoms with van der Waals surface area (Å²) in [5.74, 6) is -1.50. The van der Waals surface area contributed by atoms with Crippen LogP contribution in [0, 0.1) is 0 Å². The summed E-state index contributed by atoms with van der Waals surface area (Å²) in [4.78, 5) is 29.8. The lowest BCUT2D eigenvalue weighted by molar-refractivity contribution is -0.141. The Balaban J connectivity index is 2.32. The Bertz CT molecular complexity index is 1060. The number of H-pyrrole nitrogens is 1. The molecule has 2 N–H and O–H groups in total. The van der Waals surface area contributed by atoms with Gasteiger partial charge in [0.1, 0.15) is 11.4 Å². The molecule has 1 unspecified atom stereocenters. The standard InChI is InChI=1S/C25H34F3N3O3/c1-9-23(5,6)16-11-12-18(17(13-16)24(7,8)10-2)34-15(4)21(33)31-22-29-19(14(3)32)20(30-22)25(26,27)28/h11-13,15H,9-10H2,1-8H3,(H2,29,30,31,33). The summed E-state index contributed by atoms with van der Waals surface area (Å²) < 4.78 is 45.5. The van der Waals surface area contributed by atoms with Gasteiger partial charge in [-0.2, -0.15) is 13.2 Å². The number of imidazole rings is 1. The molecule has 0 aliphatic carbocycles. The number of hydrogen-bond acceptors (Lipinski definition) is 4. The van der Waals surface area contributed by atoms with Crippen LogP contribution in [0.15, 0.2) is 18.2 Å². The predicted molar refractivity (Wildman–Crippen MR) is 125 cm³/mol. The first-order chi connectivity index (χ1) is 15.5. The van der Waals surface area contributed by atoms with Crippen LogP contribution in [0.25, 0.3) is 0 Å². The van der Waals surface area contributed by atoms with Crippen LogP contribution >= 0.6 is 0 Å². The zero-order valence-corrected chi connectivity index (χ0v) is 21.0.